The van der Waals surface area contributed by atoms with E-state index < -0.39 is 0 Å². The first kappa shape index (κ1) is 14.1. The minimum Gasteiger partial charge on any atom is -0.496 e. The minimum absolute atomic E-state index is 0.0678. The molecule has 0 radical (unpaired) electrons. The Hall–Kier alpha value is -2.00. The van der Waals surface area contributed by atoms with E-state index in [1.165, 1.54) is 7.11 Å². The Balaban J connectivity index is 2.99. The maximum Gasteiger partial charge on any atom is 0.166 e. The molecule has 18 heavy (non-hydrogen) atoms. The van der Waals surface area contributed by atoms with Crippen LogP contribution in [0.5, 0.6) is 5.75 Å². The lowest BCUT2D eigenvalue weighted by molar-refractivity contribution is 0.0982. The molecule has 0 spiro atoms. The van der Waals surface area contributed by atoms with Crippen LogP contribution in [0.4, 0.5) is 0 Å². The molecule has 5 heteroatoms. The van der Waals surface area contributed by atoms with Gasteiger partial charge in [0.25, 0.3) is 0 Å². The number of nitrogens with zero attached hydrogens (tertiary/aromatic N) is 3. The molecule has 0 atom stereocenters. The van der Waals surface area contributed by atoms with Crippen LogP contribution < -0.4 is 4.74 Å². The molecule has 0 aliphatic rings. The number of hydrogen-bond donors (Lipinski definition) is 0. The van der Waals surface area contributed by atoms with E-state index in [9.17, 15) is 4.79 Å². The maximum atomic E-state index is 12.0. The van der Waals surface area contributed by atoms with Crippen LogP contribution in [-0.2, 0) is 0 Å². The van der Waals surface area contributed by atoms with Gasteiger partial charge in [-0.15, -0.1) is 0 Å². The summed E-state index contributed by atoms with van der Waals surface area (Å²) >= 11 is 0. The number of ether oxygens (including phenoxy) is 1. The number of benzene rings is 1. The Kier molecular flexibility index (Phi) is 5.21. The molecule has 1 aromatic carbocycles. The van der Waals surface area contributed by atoms with Crippen molar-refractivity contribution in [3.8, 4) is 5.75 Å². The number of rotatable bonds is 6. The van der Waals surface area contributed by atoms with Crippen molar-refractivity contribution in [3.05, 3.63) is 39.8 Å². The zero-order chi connectivity index (χ0) is 13.5. The number of carbonyl (C=O) groups is 1. The molecule has 0 N–H and O–H groups in total. The van der Waals surface area contributed by atoms with E-state index in [1.54, 1.807) is 6.07 Å². The highest BCUT2D eigenvalue weighted by atomic mass is 16.5. The van der Waals surface area contributed by atoms with Crippen molar-refractivity contribution in [2.75, 3.05) is 13.7 Å². The molecule has 0 aromatic heterocycles. The van der Waals surface area contributed by atoms with Crippen molar-refractivity contribution in [1.29, 1.82) is 0 Å². The van der Waals surface area contributed by atoms with Crippen molar-refractivity contribution < 1.29 is 9.53 Å². The SMILES string of the molecule is COc1ccc(C(C)C)cc1C(=O)CCN=[N+]=[N-]. The Labute approximate surface area is 106 Å². The molecule has 96 valence electrons. The van der Waals surface area contributed by atoms with Gasteiger partial charge in [-0.2, -0.15) is 0 Å². The molecular weight excluding hydrogens is 230 g/mol. The topological polar surface area (TPSA) is 75.1 Å². The van der Waals surface area contributed by atoms with Crippen LogP contribution in [0.1, 0.15) is 42.1 Å². The van der Waals surface area contributed by atoms with Gasteiger partial charge in [-0.25, -0.2) is 0 Å². The highest BCUT2D eigenvalue weighted by molar-refractivity contribution is 5.99. The quantitative estimate of drug-likeness (QED) is 0.332. The predicted octanol–water partition coefficient (Wildman–Crippen LogP) is 3.70. The summed E-state index contributed by atoms with van der Waals surface area (Å²) in [6, 6.07) is 5.60. The van der Waals surface area contributed by atoms with E-state index >= 15 is 0 Å². The molecule has 0 bridgehead atoms. The van der Waals surface area contributed by atoms with Gasteiger partial charge in [0.2, 0.25) is 0 Å². The number of methoxy groups -OCH3 is 1. The third kappa shape index (κ3) is 3.50. The van der Waals surface area contributed by atoms with Crippen LogP contribution in [0, 0.1) is 0 Å². The summed E-state index contributed by atoms with van der Waals surface area (Å²) in [4.78, 5) is 14.6. The van der Waals surface area contributed by atoms with Crippen molar-refractivity contribution in [2.24, 2.45) is 5.11 Å². The lowest BCUT2D eigenvalue weighted by Crippen LogP contribution is -2.05. The highest BCUT2D eigenvalue weighted by Gasteiger charge is 2.13. The van der Waals surface area contributed by atoms with E-state index in [1.807, 2.05) is 12.1 Å². The summed E-state index contributed by atoms with van der Waals surface area (Å²) in [6.45, 7) is 4.30. The molecule has 1 rings (SSSR count). The lowest BCUT2D eigenvalue weighted by Gasteiger charge is -2.11. The van der Waals surface area contributed by atoms with Crippen LogP contribution >= 0.6 is 0 Å². The van der Waals surface area contributed by atoms with E-state index in [4.69, 9.17) is 10.3 Å². The summed E-state index contributed by atoms with van der Waals surface area (Å²) in [5.74, 6) is 0.840. The number of Topliss-reactive ketones (excluding diaryl/α,β-unsaturated/α-hetero) is 1. The Bertz CT molecular complexity index is 477. The predicted molar refractivity (Wildman–Crippen MR) is 70.0 cm³/mol. The fourth-order valence-electron chi connectivity index (χ4n) is 1.63. The zero-order valence-electron chi connectivity index (χ0n) is 10.9. The second-order valence-electron chi connectivity index (χ2n) is 4.24. The monoisotopic (exact) mass is 247 g/mol. The van der Waals surface area contributed by atoms with Crippen LogP contribution in [-0.4, -0.2) is 19.4 Å². The molecule has 0 unspecified atom stereocenters. The first-order valence-corrected chi connectivity index (χ1v) is 5.82. The average molecular weight is 247 g/mol. The summed E-state index contributed by atoms with van der Waals surface area (Å²) < 4.78 is 5.18. The van der Waals surface area contributed by atoms with Gasteiger partial charge in [-0.05, 0) is 29.1 Å². The standard InChI is InChI=1S/C13H17N3O2/c1-9(2)10-4-5-13(18-3)11(8-10)12(17)6-7-15-16-14/h4-5,8-9H,6-7H2,1-3H3. The summed E-state index contributed by atoms with van der Waals surface area (Å²) in [5, 5.41) is 3.37. The van der Waals surface area contributed by atoms with Gasteiger partial charge in [-0.3, -0.25) is 4.79 Å². The summed E-state index contributed by atoms with van der Waals surface area (Å²) in [6.07, 6.45) is 0.196. The van der Waals surface area contributed by atoms with Crippen molar-refractivity contribution >= 4 is 5.78 Å². The van der Waals surface area contributed by atoms with Crippen LogP contribution in [0.3, 0.4) is 0 Å². The Morgan fingerprint density at radius 3 is 2.78 bits per heavy atom. The molecule has 0 saturated carbocycles. The van der Waals surface area contributed by atoms with E-state index in [0.717, 1.165) is 5.56 Å². The third-order valence-corrected chi connectivity index (χ3v) is 2.69. The maximum absolute atomic E-state index is 12.0. The van der Waals surface area contributed by atoms with Gasteiger partial charge < -0.3 is 4.74 Å². The average Bonchev–Trinajstić information content (AvgIpc) is 2.38. The largest absolute Gasteiger partial charge is 0.496 e. The van der Waals surface area contributed by atoms with Crippen molar-refractivity contribution in [1.82, 2.24) is 0 Å². The van der Waals surface area contributed by atoms with Gasteiger partial charge in [0, 0.05) is 17.9 Å². The van der Waals surface area contributed by atoms with Crippen LogP contribution in [0.2, 0.25) is 0 Å². The van der Waals surface area contributed by atoms with Crippen LogP contribution in [0.15, 0.2) is 23.3 Å². The molecular formula is C13H17N3O2. The third-order valence-electron chi connectivity index (χ3n) is 2.69. The fraction of sp³-hybridized carbons (Fsp3) is 0.462. The molecule has 0 fully saturated rings. The number of hydrogen-bond acceptors (Lipinski definition) is 3. The molecule has 0 amide bonds. The number of ketones is 1. The summed E-state index contributed by atoms with van der Waals surface area (Å²) in [7, 11) is 1.54. The normalized spacial score (nSPS) is 10.0. The summed E-state index contributed by atoms with van der Waals surface area (Å²) in [5.41, 5.74) is 9.83. The molecule has 0 aliphatic carbocycles. The second-order valence-corrected chi connectivity index (χ2v) is 4.24. The molecule has 0 saturated heterocycles. The lowest BCUT2D eigenvalue weighted by atomic mass is 9.97. The number of azide groups is 1. The Morgan fingerprint density at radius 2 is 2.22 bits per heavy atom. The van der Waals surface area contributed by atoms with Crippen LogP contribution in [0.25, 0.3) is 10.4 Å². The van der Waals surface area contributed by atoms with Gasteiger partial charge >= 0.3 is 0 Å². The molecule has 1 aromatic rings. The molecule has 5 nitrogen and oxygen atoms in total. The van der Waals surface area contributed by atoms with Crippen molar-refractivity contribution in [2.45, 2.75) is 26.2 Å². The fourth-order valence-corrected chi connectivity index (χ4v) is 1.63. The first-order valence-electron chi connectivity index (χ1n) is 5.82. The smallest absolute Gasteiger partial charge is 0.166 e. The first-order chi connectivity index (χ1) is 8.60. The van der Waals surface area contributed by atoms with Gasteiger partial charge in [0.05, 0.1) is 12.7 Å². The second kappa shape index (κ2) is 6.67. The van der Waals surface area contributed by atoms with Gasteiger partial charge in [0.1, 0.15) is 5.75 Å². The number of carbonyl (C=O) groups excluding carboxylic acids is 1. The van der Waals surface area contributed by atoms with Gasteiger partial charge in [-0.1, -0.05) is 25.0 Å². The van der Waals surface area contributed by atoms with E-state index in [2.05, 4.69) is 23.9 Å². The van der Waals surface area contributed by atoms with E-state index in [-0.39, 0.29) is 18.7 Å². The zero-order valence-corrected chi connectivity index (χ0v) is 10.9. The van der Waals surface area contributed by atoms with E-state index in [0.29, 0.717) is 17.2 Å². The van der Waals surface area contributed by atoms with Gasteiger partial charge in [0.15, 0.2) is 5.78 Å². The molecule has 0 aliphatic heterocycles. The Morgan fingerprint density at radius 1 is 1.50 bits per heavy atom. The molecule has 0 heterocycles. The highest BCUT2D eigenvalue weighted by Crippen LogP contribution is 2.25. The minimum atomic E-state index is -0.0678. The van der Waals surface area contributed by atoms with Crippen molar-refractivity contribution in [3.63, 3.8) is 0 Å².